The van der Waals surface area contributed by atoms with Crippen molar-refractivity contribution in [3.05, 3.63) is 82.9 Å². The van der Waals surface area contributed by atoms with E-state index >= 15 is 0 Å². The zero-order valence-electron chi connectivity index (χ0n) is 23.0. The van der Waals surface area contributed by atoms with Crippen molar-refractivity contribution in [2.24, 2.45) is 0 Å². The van der Waals surface area contributed by atoms with Gasteiger partial charge in [-0.3, -0.25) is 4.79 Å². The van der Waals surface area contributed by atoms with Crippen molar-refractivity contribution in [2.45, 2.75) is 49.8 Å². The number of nitrogens with zero attached hydrogens (tertiary/aromatic N) is 6. The number of pyridine rings is 1. The Balaban J connectivity index is 1.29. The normalized spacial score (nSPS) is 20.4. The van der Waals surface area contributed by atoms with Crippen molar-refractivity contribution < 1.29 is 9.84 Å². The third kappa shape index (κ3) is 4.83. The van der Waals surface area contributed by atoms with Crippen molar-refractivity contribution in [3.8, 4) is 5.82 Å². The molecule has 2 N–H and O–H groups in total. The van der Waals surface area contributed by atoms with Gasteiger partial charge in [0.1, 0.15) is 5.39 Å². The standard InChI is InChI=1S/C30H35N7O3/c1-4-16-36-28(38)24-17-31-29(32-22-12-8-20(9-13-22)21-10-14-23(15-11-21)35(2)3)34-27(24)37(36)26-7-5-6-25(33-26)30(39)18-40-19-30/h4-9,12-13,17,21,23,39H,1,10-11,14-16,18-19H2,2-3H3,(H,31,32,34). The first-order valence-corrected chi connectivity index (χ1v) is 13.8. The van der Waals surface area contributed by atoms with Crippen LogP contribution in [0, 0.1) is 0 Å². The van der Waals surface area contributed by atoms with E-state index in [0.717, 1.165) is 5.69 Å². The third-order valence-corrected chi connectivity index (χ3v) is 8.15. The number of rotatable bonds is 8. The van der Waals surface area contributed by atoms with Crippen LogP contribution in [0.25, 0.3) is 16.9 Å². The van der Waals surface area contributed by atoms with Crippen LogP contribution in [-0.2, 0) is 16.9 Å². The molecule has 10 heteroatoms. The molecule has 2 fully saturated rings. The molecule has 0 atom stereocenters. The molecular weight excluding hydrogens is 506 g/mol. The Morgan fingerprint density at radius 2 is 1.88 bits per heavy atom. The molecule has 0 bridgehead atoms. The van der Waals surface area contributed by atoms with Crippen LogP contribution in [0.3, 0.4) is 0 Å². The van der Waals surface area contributed by atoms with Crippen LogP contribution in [0.2, 0.25) is 0 Å². The Kier molecular flexibility index (Phi) is 6.99. The van der Waals surface area contributed by atoms with Gasteiger partial charge in [-0.25, -0.2) is 19.3 Å². The fourth-order valence-corrected chi connectivity index (χ4v) is 5.75. The summed E-state index contributed by atoms with van der Waals surface area (Å²) in [4.78, 5) is 29.4. The minimum Gasteiger partial charge on any atom is -0.379 e. The van der Waals surface area contributed by atoms with Crippen LogP contribution in [-0.4, -0.2) is 67.7 Å². The molecule has 1 aliphatic carbocycles. The van der Waals surface area contributed by atoms with Crippen molar-refractivity contribution in [3.63, 3.8) is 0 Å². The average Bonchev–Trinajstić information content (AvgIpc) is 3.23. The number of aliphatic hydroxyl groups is 1. The highest BCUT2D eigenvalue weighted by molar-refractivity contribution is 5.77. The Morgan fingerprint density at radius 3 is 2.52 bits per heavy atom. The number of hydrogen-bond donors (Lipinski definition) is 2. The van der Waals surface area contributed by atoms with Crippen LogP contribution >= 0.6 is 0 Å². The van der Waals surface area contributed by atoms with Crippen molar-refractivity contribution >= 4 is 22.7 Å². The molecule has 0 amide bonds. The molecule has 6 rings (SSSR count). The van der Waals surface area contributed by atoms with Crippen LogP contribution in [0.5, 0.6) is 0 Å². The molecule has 208 valence electrons. The molecule has 1 aromatic carbocycles. The molecule has 2 aliphatic rings. The first-order valence-electron chi connectivity index (χ1n) is 13.8. The zero-order valence-corrected chi connectivity index (χ0v) is 23.0. The Labute approximate surface area is 232 Å². The van der Waals surface area contributed by atoms with Gasteiger partial charge < -0.3 is 20.1 Å². The smallest absolute Gasteiger partial charge is 0.278 e. The summed E-state index contributed by atoms with van der Waals surface area (Å²) >= 11 is 0. The predicted octanol–water partition coefficient (Wildman–Crippen LogP) is 3.71. The topological polar surface area (TPSA) is 110 Å². The highest BCUT2D eigenvalue weighted by Gasteiger charge is 2.39. The van der Waals surface area contributed by atoms with E-state index in [1.807, 2.05) is 0 Å². The molecule has 4 heterocycles. The Morgan fingerprint density at radius 1 is 1.12 bits per heavy atom. The van der Waals surface area contributed by atoms with Crippen LogP contribution in [0.4, 0.5) is 11.6 Å². The minimum absolute atomic E-state index is 0.182. The summed E-state index contributed by atoms with van der Waals surface area (Å²) < 4.78 is 8.38. The van der Waals surface area contributed by atoms with E-state index in [9.17, 15) is 9.90 Å². The summed E-state index contributed by atoms with van der Waals surface area (Å²) in [5.74, 6) is 1.42. The van der Waals surface area contributed by atoms with E-state index in [1.165, 1.54) is 42.1 Å². The fraction of sp³-hybridized carbons (Fsp3) is 0.400. The van der Waals surface area contributed by atoms with E-state index in [-0.39, 0.29) is 25.3 Å². The third-order valence-electron chi connectivity index (χ3n) is 8.15. The maximum absolute atomic E-state index is 13.3. The van der Waals surface area contributed by atoms with Crippen molar-refractivity contribution in [1.29, 1.82) is 0 Å². The molecule has 0 unspecified atom stereocenters. The molecule has 0 radical (unpaired) electrons. The minimum atomic E-state index is -1.14. The number of fused-ring (bicyclic) bond motifs is 1. The molecule has 40 heavy (non-hydrogen) atoms. The van der Waals surface area contributed by atoms with Gasteiger partial charge in [-0.15, -0.1) is 6.58 Å². The maximum Gasteiger partial charge on any atom is 0.278 e. The van der Waals surface area contributed by atoms with Gasteiger partial charge in [-0.05, 0) is 75.5 Å². The Hall–Kier alpha value is -3.86. The van der Waals surface area contributed by atoms with E-state index in [0.29, 0.717) is 40.5 Å². The van der Waals surface area contributed by atoms with Crippen molar-refractivity contribution in [1.82, 2.24) is 29.2 Å². The molecule has 4 aromatic rings. The average molecular weight is 542 g/mol. The van der Waals surface area contributed by atoms with Gasteiger partial charge in [-0.1, -0.05) is 24.3 Å². The lowest BCUT2D eigenvalue weighted by Crippen LogP contribution is -2.47. The lowest BCUT2D eigenvalue weighted by atomic mass is 9.81. The lowest BCUT2D eigenvalue weighted by Gasteiger charge is -2.35. The molecule has 1 aliphatic heterocycles. The zero-order chi connectivity index (χ0) is 27.9. The molecule has 0 spiro atoms. The number of hydrogen-bond acceptors (Lipinski definition) is 8. The summed E-state index contributed by atoms with van der Waals surface area (Å²) in [6, 6.07) is 14.5. The summed E-state index contributed by atoms with van der Waals surface area (Å²) in [5, 5.41) is 14.4. The van der Waals surface area contributed by atoms with Crippen molar-refractivity contribution in [2.75, 3.05) is 32.6 Å². The summed E-state index contributed by atoms with van der Waals surface area (Å²) in [6.45, 7) is 4.43. The summed E-state index contributed by atoms with van der Waals surface area (Å²) in [7, 11) is 4.34. The highest BCUT2D eigenvalue weighted by Crippen LogP contribution is 2.35. The van der Waals surface area contributed by atoms with Gasteiger partial charge in [0.25, 0.3) is 5.56 Å². The van der Waals surface area contributed by atoms with E-state index in [1.54, 1.807) is 29.0 Å². The predicted molar refractivity (Wildman–Crippen MR) is 154 cm³/mol. The fourth-order valence-electron chi connectivity index (χ4n) is 5.75. The maximum atomic E-state index is 13.3. The van der Waals surface area contributed by atoms with Gasteiger partial charge >= 0.3 is 0 Å². The first-order chi connectivity index (χ1) is 19.4. The van der Waals surface area contributed by atoms with Crippen LogP contribution in [0.1, 0.15) is 42.9 Å². The van der Waals surface area contributed by atoms with E-state index in [4.69, 9.17) is 9.72 Å². The van der Waals surface area contributed by atoms with E-state index in [2.05, 4.69) is 65.1 Å². The largest absolute Gasteiger partial charge is 0.379 e. The molecule has 3 aromatic heterocycles. The second-order valence-corrected chi connectivity index (χ2v) is 11.0. The first kappa shape index (κ1) is 26.4. The molecule has 10 nitrogen and oxygen atoms in total. The quantitative estimate of drug-likeness (QED) is 0.325. The molecule has 1 saturated carbocycles. The Bertz CT molecular complexity index is 1580. The number of ether oxygens (including phenoxy) is 1. The summed E-state index contributed by atoms with van der Waals surface area (Å²) in [5.41, 5.74) is 1.75. The number of allylic oxidation sites excluding steroid dienone is 1. The SMILES string of the molecule is C=CCn1c(=O)c2cnc(Nc3ccc(C4CCC(N(C)C)CC4)cc3)nc2n1-c1cccc(C2(O)COC2)n1. The number of nitrogens with one attached hydrogen (secondary N) is 1. The second kappa shape index (κ2) is 10.6. The monoisotopic (exact) mass is 541 g/mol. The van der Waals surface area contributed by atoms with Crippen LogP contribution in [0.15, 0.2) is 66.1 Å². The number of aromatic nitrogens is 5. The van der Waals surface area contributed by atoms with Gasteiger partial charge in [0.15, 0.2) is 17.1 Å². The van der Waals surface area contributed by atoms with Gasteiger partial charge in [0, 0.05) is 17.9 Å². The van der Waals surface area contributed by atoms with Gasteiger partial charge in [0.2, 0.25) is 5.95 Å². The van der Waals surface area contributed by atoms with Gasteiger partial charge in [-0.2, -0.15) is 4.98 Å². The lowest BCUT2D eigenvalue weighted by molar-refractivity contribution is -0.186. The summed E-state index contributed by atoms with van der Waals surface area (Å²) in [6.07, 6.45) is 8.04. The van der Waals surface area contributed by atoms with E-state index < -0.39 is 5.60 Å². The van der Waals surface area contributed by atoms with Gasteiger partial charge in [0.05, 0.1) is 25.5 Å². The molecular formula is C30H35N7O3. The highest BCUT2D eigenvalue weighted by atomic mass is 16.5. The number of benzene rings is 1. The van der Waals surface area contributed by atoms with Crippen LogP contribution < -0.4 is 10.9 Å². The molecule has 1 saturated heterocycles. The second-order valence-electron chi connectivity index (χ2n) is 11.0. The number of anilines is 2.